The van der Waals surface area contributed by atoms with E-state index < -0.39 is 8.07 Å². The SMILES string of the molecule is CC(C)(C)c1cc(-c2ccc(N(c3cc(C(C)(C)C)cc([Si]4(c5ccccc5)c5ccccc5-c5ccccc54)c3)c3ccc4c(c3)C(C)(C)c3ccccc3-4)cc2)cc(C(C)(C)C)c1. The molecule has 0 amide bonds. The molecule has 1 nitrogen and oxygen atoms in total. The van der Waals surface area contributed by atoms with Crippen molar-refractivity contribution < 1.29 is 0 Å². The van der Waals surface area contributed by atoms with Crippen molar-refractivity contribution in [2.75, 3.05) is 4.90 Å². The summed E-state index contributed by atoms with van der Waals surface area (Å²) in [7, 11) is -2.82. The molecule has 1 aliphatic heterocycles. The quantitative estimate of drug-likeness (QED) is 0.151. The second-order valence-electron chi connectivity index (χ2n) is 22.3. The summed E-state index contributed by atoms with van der Waals surface area (Å²) in [4.78, 5) is 2.55. The van der Waals surface area contributed by atoms with Gasteiger partial charge in [0.05, 0.1) is 0 Å². The van der Waals surface area contributed by atoms with Crippen LogP contribution in [0.15, 0.2) is 182 Å². The van der Waals surface area contributed by atoms with Crippen LogP contribution in [0.1, 0.15) is 104 Å². The van der Waals surface area contributed by atoms with Crippen molar-refractivity contribution in [3.8, 4) is 33.4 Å². The summed E-state index contributed by atoms with van der Waals surface area (Å²) < 4.78 is 0. The van der Waals surface area contributed by atoms with E-state index in [-0.39, 0.29) is 21.7 Å². The highest BCUT2D eigenvalue weighted by atomic mass is 28.3. The van der Waals surface area contributed by atoms with Gasteiger partial charge in [-0.15, -0.1) is 0 Å². The van der Waals surface area contributed by atoms with E-state index in [1.165, 1.54) is 93.3 Å². The van der Waals surface area contributed by atoms with Crippen LogP contribution in [0.5, 0.6) is 0 Å². The molecule has 0 aromatic heterocycles. The molecule has 65 heavy (non-hydrogen) atoms. The number of hydrogen-bond acceptors (Lipinski definition) is 1. The van der Waals surface area contributed by atoms with E-state index in [2.05, 4.69) is 263 Å². The Bertz CT molecular complexity index is 3030. The average Bonchev–Trinajstić information content (AvgIpc) is 3.71. The summed E-state index contributed by atoms with van der Waals surface area (Å²) in [6, 6.07) is 70.4. The van der Waals surface area contributed by atoms with Crippen LogP contribution in [0.2, 0.25) is 0 Å². The zero-order chi connectivity index (χ0) is 45.7. The number of fused-ring (bicyclic) bond motifs is 6. The number of rotatable bonds is 6. The molecule has 2 heteroatoms. The van der Waals surface area contributed by atoms with Gasteiger partial charge in [0.15, 0.2) is 8.07 Å². The van der Waals surface area contributed by atoms with E-state index in [4.69, 9.17) is 0 Å². The Kier molecular flexibility index (Phi) is 9.97. The molecule has 0 saturated heterocycles. The van der Waals surface area contributed by atoms with Crippen molar-refractivity contribution in [3.63, 3.8) is 0 Å². The van der Waals surface area contributed by atoms with Crippen LogP contribution >= 0.6 is 0 Å². The van der Waals surface area contributed by atoms with Crippen LogP contribution in [0.3, 0.4) is 0 Å². The first kappa shape index (κ1) is 42.7. The first-order chi connectivity index (χ1) is 30.9. The van der Waals surface area contributed by atoms with Gasteiger partial charge < -0.3 is 4.90 Å². The van der Waals surface area contributed by atoms with Gasteiger partial charge in [0.2, 0.25) is 0 Å². The Morgan fingerprint density at radius 1 is 0.354 bits per heavy atom. The van der Waals surface area contributed by atoms with Gasteiger partial charge in [0.1, 0.15) is 0 Å². The number of anilines is 3. The molecule has 0 unspecified atom stereocenters. The van der Waals surface area contributed by atoms with Gasteiger partial charge in [-0.05, 0) is 135 Å². The van der Waals surface area contributed by atoms with Crippen LogP contribution in [0.25, 0.3) is 33.4 Å². The summed E-state index contributed by atoms with van der Waals surface area (Å²) >= 11 is 0. The second-order valence-corrected chi connectivity index (χ2v) is 26.0. The molecule has 0 bridgehead atoms. The molecule has 0 N–H and O–H groups in total. The van der Waals surface area contributed by atoms with Crippen molar-refractivity contribution in [1.82, 2.24) is 0 Å². The maximum Gasteiger partial charge on any atom is 0.180 e. The minimum Gasteiger partial charge on any atom is -0.310 e. The molecular weight excluding hydrogens is 799 g/mol. The Morgan fingerprint density at radius 3 is 1.43 bits per heavy atom. The van der Waals surface area contributed by atoms with E-state index in [0.717, 1.165) is 5.69 Å². The molecule has 0 fully saturated rings. The molecular formula is C63H63NSi. The predicted octanol–water partition coefficient (Wildman–Crippen LogP) is 14.4. The van der Waals surface area contributed by atoms with Crippen LogP contribution in [0, 0.1) is 0 Å². The smallest absolute Gasteiger partial charge is 0.180 e. The summed E-state index contributed by atoms with van der Waals surface area (Å²) in [6.07, 6.45) is 0. The van der Waals surface area contributed by atoms with Gasteiger partial charge in [-0.1, -0.05) is 222 Å². The van der Waals surface area contributed by atoms with Crippen molar-refractivity contribution in [2.45, 2.75) is 97.8 Å². The second kappa shape index (κ2) is 15.2. The number of nitrogens with zero attached hydrogens (tertiary/aromatic N) is 1. The fourth-order valence-corrected chi connectivity index (χ4v) is 16.1. The van der Waals surface area contributed by atoms with Crippen LogP contribution in [-0.2, 0) is 21.7 Å². The zero-order valence-electron chi connectivity index (χ0n) is 40.3. The highest BCUT2D eigenvalue weighted by Crippen LogP contribution is 2.51. The minimum absolute atomic E-state index is 0.0320. The van der Waals surface area contributed by atoms with Crippen molar-refractivity contribution >= 4 is 45.9 Å². The maximum atomic E-state index is 2.57. The van der Waals surface area contributed by atoms with E-state index in [9.17, 15) is 0 Å². The highest BCUT2D eigenvalue weighted by Gasteiger charge is 2.49. The number of hydrogen-bond donors (Lipinski definition) is 0. The Balaban J connectivity index is 1.23. The molecule has 8 aromatic rings. The van der Waals surface area contributed by atoms with Crippen LogP contribution in [-0.4, -0.2) is 8.07 Å². The normalized spacial score (nSPS) is 14.6. The van der Waals surface area contributed by atoms with Crippen LogP contribution < -0.4 is 25.6 Å². The lowest BCUT2D eigenvalue weighted by atomic mass is 9.79. The summed E-state index contributed by atoms with van der Waals surface area (Å²) in [5.41, 5.74) is 18.0. The largest absolute Gasteiger partial charge is 0.310 e. The summed E-state index contributed by atoms with van der Waals surface area (Å²) in [6.45, 7) is 25.8. The molecule has 1 aliphatic carbocycles. The third-order valence-electron chi connectivity index (χ3n) is 14.6. The Labute approximate surface area is 389 Å². The highest BCUT2D eigenvalue weighted by molar-refractivity contribution is 7.22. The summed E-state index contributed by atoms with van der Waals surface area (Å²) in [5.74, 6) is 0. The molecule has 0 radical (unpaired) electrons. The molecule has 10 rings (SSSR count). The zero-order valence-corrected chi connectivity index (χ0v) is 41.3. The van der Waals surface area contributed by atoms with Crippen molar-refractivity contribution in [2.24, 2.45) is 0 Å². The molecule has 324 valence electrons. The molecule has 0 spiro atoms. The van der Waals surface area contributed by atoms with Gasteiger partial charge in [-0.3, -0.25) is 0 Å². The van der Waals surface area contributed by atoms with Crippen molar-refractivity contribution in [3.05, 3.63) is 210 Å². The van der Waals surface area contributed by atoms with Gasteiger partial charge >= 0.3 is 0 Å². The minimum atomic E-state index is -2.82. The van der Waals surface area contributed by atoms with E-state index in [0.29, 0.717) is 0 Å². The summed E-state index contributed by atoms with van der Waals surface area (Å²) in [5, 5.41) is 5.75. The lowest BCUT2D eigenvalue weighted by Gasteiger charge is -2.35. The van der Waals surface area contributed by atoms with Gasteiger partial charge in [0.25, 0.3) is 0 Å². The lowest BCUT2D eigenvalue weighted by Crippen LogP contribution is -2.73. The fraction of sp³-hybridized carbons (Fsp3) is 0.238. The molecule has 0 saturated carbocycles. The number of benzene rings is 8. The van der Waals surface area contributed by atoms with E-state index >= 15 is 0 Å². The third-order valence-corrected chi connectivity index (χ3v) is 19.4. The maximum absolute atomic E-state index is 2.82. The van der Waals surface area contributed by atoms with Gasteiger partial charge in [-0.25, -0.2) is 0 Å². The molecule has 8 aromatic carbocycles. The predicted molar refractivity (Wildman–Crippen MR) is 283 cm³/mol. The molecule has 1 heterocycles. The van der Waals surface area contributed by atoms with Crippen LogP contribution in [0.4, 0.5) is 17.1 Å². The first-order valence-corrected chi connectivity index (χ1v) is 25.6. The van der Waals surface area contributed by atoms with Crippen molar-refractivity contribution in [1.29, 1.82) is 0 Å². The van der Waals surface area contributed by atoms with E-state index in [1.54, 1.807) is 0 Å². The topological polar surface area (TPSA) is 3.24 Å². The lowest BCUT2D eigenvalue weighted by molar-refractivity contribution is 0.569. The Hall–Kier alpha value is -6.22. The molecule has 0 atom stereocenters. The van der Waals surface area contributed by atoms with Gasteiger partial charge in [0, 0.05) is 22.5 Å². The fourth-order valence-electron chi connectivity index (χ4n) is 10.8. The third kappa shape index (κ3) is 7.04. The Morgan fingerprint density at radius 2 is 0.846 bits per heavy atom. The van der Waals surface area contributed by atoms with E-state index in [1.807, 2.05) is 0 Å². The average molecular weight is 862 g/mol. The first-order valence-electron chi connectivity index (χ1n) is 23.6. The standard InChI is InChI=1S/C63H63NSi/c1-60(2,3)44-35-43(36-45(37-44)61(4,5)6)42-29-31-47(32-30-42)64(48-33-34-53-52-23-15-18-26-56(52)63(10,11)57(53)41-48)49-38-46(62(7,8)9)39-51(40-49)65(50-21-13-12-14-22-50)58-27-19-16-24-54(58)55-25-17-20-28-59(55)65/h12-41H,1-11H3. The molecule has 2 aliphatic rings. The monoisotopic (exact) mass is 861 g/mol. The van der Waals surface area contributed by atoms with Gasteiger partial charge in [-0.2, -0.15) is 0 Å².